The van der Waals surface area contributed by atoms with Gasteiger partial charge in [-0.1, -0.05) is 12.1 Å². The van der Waals surface area contributed by atoms with Gasteiger partial charge in [-0.15, -0.1) is 0 Å². The van der Waals surface area contributed by atoms with Gasteiger partial charge in [-0.3, -0.25) is 0 Å². The van der Waals surface area contributed by atoms with Gasteiger partial charge in [0.25, 0.3) is 0 Å². The molecular formula is C14H14BF4N3. The molecule has 2 aromatic heterocycles. The quantitative estimate of drug-likeness (QED) is 0.384. The summed E-state index contributed by atoms with van der Waals surface area (Å²) in [6, 6.07) is 12.4. The van der Waals surface area contributed by atoms with Crippen LogP contribution in [0.2, 0.25) is 0 Å². The Balaban J connectivity index is 0.000000309. The summed E-state index contributed by atoms with van der Waals surface area (Å²) in [5.74, 6) is 1.01. The minimum atomic E-state index is -6.00. The summed E-state index contributed by atoms with van der Waals surface area (Å²) in [5.41, 5.74) is 3.34. The maximum Gasteiger partial charge on any atom is 0.673 e. The Labute approximate surface area is 124 Å². The van der Waals surface area contributed by atoms with E-state index < -0.39 is 7.25 Å². The Morgan fingerprint density at radius 3 is 2.09 bits per heavy atom. The van der Waals surface area contributed by atoms with E-state index in [1.54, 1.807) is 0 Å². The fourth-order valence-corrected chi connectivity index (χ4v) is 2.05. The van der Waals surface area contributed by atoms with Crippen LogP contribution in [0.3, 0.4) is 0 Å². The summed E-state index contributed by atoms with van der Waals surface area (Å²) in [6.07, 6.45) is 4.07. The van der Waals surface area contributed by atoms with Gasteiger partial charge in [0.05, 0.1) is 11.0 Å². The van der Waals surface area contributed by atoms with Crippen molar-refractivity contribution in [2.75, 3.05) is 0 Å². The summed E-state index contributed by atoms with van der Waals surface area (Å²) in [6.45, 7) is 0. The number of aryl methyl sites for hydroxylation is 2. The highest BCUT2D eigenvalue weighted by atomic mass is 19.5. The van der Waals surface area contributed by atoms with Gasteiger partial charge in [-0.05, 0) is 12.1 Å². The summed E-state index contributed by atoms with van der Waals surface area (Å²) in [7, 11) is -1.93. The van der Waals surface area contributed by atoms with Crippen LogP contribution in [0.1, 0.15) is 0 Å². The summed E-state index contributed by atoms with van der Waals surface area (Å²) < 4.78 is 43.1. The number of para-hydroxylation sites is 2. The average Bonchev–Trinajstić information content (AvgIpc) is 2.76. The van der Waals surface area contributed by atoms with E-state index in [-0.39, 0.29) is 0 Å². The van der Waals surface area contributed by atoms with Gasteiger partial charge in [0, 0.05) is 24.7 Å². The molecule has 8 heteroatoms. The third-order valence-corrected chi connectivity index (χ3v) is 3.02. The lowest BCUT2D eigenvalue weighted by Crippen LogP contribution is -2.25. The Morgan fingerprint density at radius 1 is 1.00 bits per heavy atom. The van der Waals surface area contributed by atoms with E-state index >= 15 is 0 Å². The molecule has 0 aliphatic heterocycles. The topological polar surface area (TPSA) is 21.7 Å². The van der Waals surface area contributed by atoms with Crippen LogP contribution in [0, 0.1) is 0 Å². The van der Waals surface area contributed by atoms with Crippen LogP contribution >= 0.6 is 0 Å². The van der Waals surface area contributed by atoms with E-state index in [0.29, 0.717) is 0 Å². The molecule has 116 valence electrons. The van der Waals surface area contributed by atoms with Crippen LogP contribution < -0.4 is 4.57 Å². The maximum atomic E-state index is 9.75. The molecule has 0 amide bonds. The van der Waals surface area contributed by atoms with Gasteiger partial charge in [-0.25, -0.2) is 9.55 Å². The van der Waals surface area contributed by atoms with Crippen molar-refractivity contribution in [3.05, 3.63) is 48.8 Å². The molecule has 0 aliphatic carbocycles. The molecule has 0 saturated carbocycles. The Kier molecular flexibility index (Phi) is 4.49. The van der Waals surface area contributed by atoms with E-state index in [9.17, 15) is 17.3 Å². The highest BCUT2D eigenvalue weighted by Crippen LogP contribution is 2.22. The molecule has 0 aliphatic rings. The molecule has 0 spiro atoms. The van der Waals surface area contributed by atoms with Crippen molar-refractivity contribution < 1.29 is 21.8 Å². The first-order valence-corrected chi connectivity index (χ1v) is 6.50. The summed E-state index contributed by atoms with van der Waals surface area (Å²) >= 11 is 0. The van der Waals surface area contributed by atoms with Gasteiger partial charge in [-0.2, -0.15) is 0 Å². The molecule has 2 heterocycles. The molecule has 0 fully saturated rings. The Morgan fingerprint density at radius 2 is 1.55 bits per heavy atom. The van der Waals surface area contributed by atoms with Crippen molar-refractivity contribution in [2.24, 2.45) is 14.1 Å². The lowest BCUT2D eigenvalue weighted by molar-refractivity contribution is -0.671. The van der Waals surface area contributed by atoms with Crippen molar-refractivity contribution >= 4 is 18.3 Å². The fourth-order valence-electron chi connectivity index (χ4n) is 2.05. The number of halogens is 4. The Bertz CT molecular complexity index is 760. The van der Waals surface area contributed by atoms with Crippen molar-refractivity contribution in [1.82, 2.24) is 9.55 Å². The first kappa shape index (κ1) is 16.0. The highest BCUT2D eigenvalue weighted by molar-refractivity contribution is 6.50. The molecule has 0 saturated heterocycles. The van der Waals surface area contributed by atoms with Crippen molar-refractivity contribution in [2.45, 2.75) is 0 Å². The first-order chi connectivity index (χ1) is 10.3. The number of hydrogen-bond acceptors (Lipinski definition) is 1. The largest absolute Gasteiger partial charge is 0.673 e. The molecule has 3 nitrogen and oxygen atoms in total. The van der Waals surface area contributed by atoms with E-state index in [4.69, 9.17) is 0 Å². The molecule has 0 N–H and O–H groups in total. The van der Waals surface area contributed by atoms with Gasteiger partial charge in [0.2, 0.25) is 0 Å². The molecule has 3 aromatic rings. The zero-order valence-corrected chi connectivity index (χ0v) is 12.0. The zero-order valence-electron chi connectivity index (χ0n) is 12.0. The molecule has 0 bridgehead atoms. The summed E-state index contributed by atoms with van der Waals surface area (Å²) in [4.78, 5) is 4.67. The second-order valence-corrected chi connectivity index (χ2v) is 4.73. The SMILES string of the molecule is Cn1c(-c2cc[n+](C)cc2)nc2ccccc21.F[B-](F)(F)F. The molecular weight excluding hydrogens is 297 g/mol. The number of rotatable bonds is 1. The fraction of sp³-hybridized carbons (Fsp3) is 0.143. The minimum Gasteiger partial charge on any atom is -0.418 e. The average molecular weight is 311 g/mol. The van der Waals surface area contributed by atoms with E-state index in [1.807, 2.05) is 42.2 Å². The van der Waals surface area contributed by atoms with Crippen LogP contribution in [0.15, 0.2) is 48.8 Å². The van der Waals surface area contributed by atoms with Crippen LogP contribution in [0.4, 0.5) is 17.3 Å². The lowest BCUT2D eigenvalue weighted by atomic mass is 10.2. The molecule has 22 heavy (non-hydrogen) atoms. The van der Waals surface area contributed by atoms with E-state index in [0.717, 1.165) is 22.4 Å². The number of aromatic nitrogens is 3. The highest BCUT2D eigenvalue weighted by Gasteiger charge is 2.20. The molecule has 0 atom stereocenters. The van der Waals surface area contributed by atoms with Crippen molar-refractivity contribution in [3.63, 3.8) is 0 Å². The number of imidazole rings is 1. The monoisotopic (exact) mass is 311 g/mol. The van der Waals surface area contributed by atoms with E-state index in [1.165, 1.54) is 0 Å². The van der Waals surface area contributed by atoms with Gasteiger partial charge in [0.1, 0.15) is 12.9 Å². The van der Waals surface area contributed by atoms with Crippen LogP contribution in [0.25, 0.3) is 22.4 Å². The number of hydrogen-bond donors (Lipinski definition) is 0. The zero-order chi connectivity index (χ0) is 16.3. The maximum absolute atomic E-state index is 9.75. The second-order valence-electron chi connectivity index (χ2n) is 4.73. The Hall–Kier alpha value is -2.38. The molecule has 3 rings (SSSR count). The third kappa shape index (κ3) is 4.06. The number of nitrogens with zero attached hydrogens (tertiary/aromatic N) is 3. The third-order valence-electron chi connectivity index (χ3n) is 3.02. The van der Waals surface area contributed by atoms with Crippen LogP contribution in [0.5, 0.6) is 0 Å². The summed E-state index contributed by atoms with van der Waals surface area (Å²) in [5, 5.41) is 0. The van der Waals surface area contributed by atoms with Crippen LogP contribution in [-0.4, -0.2) is 16.8 Å². The lowest BCUT2D eigenvalue weighted by Gasteiger charge is -2.00. The number of pyridine rings is 1. The van der Waals surface area contributed by atoms with Gasteiger partial charge >= 0.3 is 7.25 Å². The minimum absolute atomic E-state index is 1.01. The normalized spacial score (nSPS) is 11.2. The number of benzene rings is 1. The standard InChI is InChI=1S/C14H14N3.BF4/c1-16-9-7-11(8-10-16)14-15-12-5-3-4-6-13(12)17(14)2;2-1(3,4)5/h3-10H,1-2H3;/q+1;-1. The predicted molar refractivity (Wildman–Crippen MR) is 77.5 cm³/mol. The van der Waals surface area contributed by atoms with Crippen molar-refractivity contribution in [1.29, 1.82) is 0 Å². The first-order valence-electron chi connectivity index (χ1n) is 6.50. The van der Waals surface area contributed by atoms with E-state index in [2.05, 4.69) is 34.8 Å². The molecule has 1 aromatic carbocycles. The van der Waals surface area contributed by atoms with Crippen LogP contribution in [-0.2, 0) is 14.1 Å². The van der Waals surface area contributed by atoms with Gasteiger partial charge < -0.3 is 21.8 Å². The van der Waals surface area contributed by atoms with Gasteiger partial charge in [0.15, 0.2) is 12.4 Å². The van der Waals surface area contributed by atoms with Crippen molar-refractivity contribution in [3.8, 4) is 11.4 Å². The second kappa shape index (κ2) is 6.17. The molecule has 0 radical (unpaired) electrons. The molecule has 0 unspecified atom stereocenters. The predicted octanol–water partition coefficient (Wildman–Crippen LogP) is 3.36. The smallest absolute Gasteiger partial charge is 0.418 e. The number of fused-ring (bicyclic) bond motifs is 1.